The van der Waals surface area contributed by atoms with E-state index in [1.54, 1.807) is 21.3 Å². The smallest absolute Gasteiger partial charge is 0.203 e. The van der Waals surface area contributed by atoms with Gasteiger partial charge < -0.3 is 19.9 Å². The summed E-state index contributed by atoms with van der Waals surface area (Å²) in [4.78, 5) is 0. The average Bonchev–Trinajstić information content (AvgIpc) is 2.24. The van der Waals surface area contributed by atoms with Gasteiger partial charge >= 0.3 is 0 Å². The van der Waals surface area contributed by atoms with E-state index in [-0.39, 0.29) is 0 Å². The summed E-state index contributed by atoms with van der Waals surface area (Å²) in [6, 6.07) is 0. The van der Waals surface area contributed by atoms with Crippen molar-refractivity contribution < 1.29 is 14.2 Å². The molecule has 0 aliphatic carbocycles. The van der Waals surface area contributed by atoms with Crippen LogP contribution in [0.3, 0.4) is 0 Å². The SMILES string of the molecule is COC([SiH3])(NCCN)C(C)(OC)OC. The van der Waals surface area contributed by atoms with Gasteiger partial charge in [-0.25, -0.2) is 0 Å². The van der Waals surface area contributed by atoms with Gasteiger partial charge in [0.2, 0.25) is 5.79 Å². The largest absolute Gasteiger partial charge is 0.363 e. The lowest BCUT2D eigenvalue weighted by molar-refractivity contribution is -0.278. The molecule has 0 aliphatic rings. The van der Waals surface area contributed by atoms with Crippen LogP contribution in [0, 0.1) is 0 Å². The number of hydrogen-bond donors (Lipinski definition) is 2. The van der Waals surface area contributed by atoms with Gasteiger partial charge in [-0.2, -0.15) is 0 Å². The number of ether oxygens (including phenoxy) is 3. The van der Waals surface area contributed by atoms with Crippen molar-refractivity contribution in [2.75, 3.05) is 34.4 Å². The lowest BCUT2D eigenvalue weighted by Crippen LogP contribution is -2.65. The first kappa shape index (κ1) is 14.0. The van der Waals surface area contributed by atoms with Crippen molar-refractivity contribution in [3.63, 3.8) is 0 Å². The molecule has 0 heterocycles. The monoisotopic (exact) mass is 222 g/mol. The molecule has 0 radical (unpaired) electrons. The van der Waals surface area contributed by atoms with E-state index >= 15 is 0 Å². The van der Waals surface area contributed by atoms with E-state index in [1.807, 2.05) is 6.92 Å². The highest BCUT2D eigenvalue weighted by atomic mass is 28.1. The predicted octanol–water partition coefficient (Wildman–Crippen LogP) is -1.79. The summed E-state index contributed by atoms with van der Waals surface area (Å²) in [5, 5.41) is 2.61. The minimum Gasteiger partial charge on any atom is -0.363 e. The second kappa shape index (κ2) is 5.79. The Balaban J connectivity index is 4.62. The normalized spacial score (nSPS) is 16.9. The topological polar surface area (TPSA) is 65.7 Å². The van der Waals surface area contributed by atoms with Crippen LogP contribution in [0.1, 0.15) is 6.92 Å². The van der Waals surface area contributed by atoms with Crippen LogP contribution >= 0.6 is 0 Å². The first-order chi connectivity index (χ1) is 6.49. The van der Waals surface area contributed by atoms with Crippen LogP contribution in [0.4, 0.5) is 0 Å². The van der Waals surface area contributed by atoms with Crippen LogP contribution in [0.25, 0.3) is 0 Å². The van der Waals surface area contributed by atoms with Crippen LogP contribution in [0.2, 0.25) is 0 Å². The summed E-state index contributed by atoms with van der Waals surface area (Å²) >= 11 is 0. The van der Waals surface area contributed by atoms with E-state index in [9.17, 15) is 0 Å². The zero-order valence-electron chi connectivity index (χ0n) is 9.72. The molecule has 0 aromatic carbocycles. The third-order valence-corrected chi connectivity index (χ3v) is 4.33. The molecule has 0 rings (SSSR count). The Morgan fingerprint density at radius 3 is 2.00 bits per heavy atom. The van der Waals surface area contributed by atoms with Gasteiger partial charge in [-0.3, -0.25) is 5.32 Å². The van der Waals surface area contributed by atoms with Crippen LogP contribution < -0.4 is 11.1 Å². The van der Waals surface area contributed by atoms with Gasteiger partial charge in [-0.1, -0.05) is 0 Å². The van der Waals surface area contributed by atoms with Gasteiger partial charge in [0.1, 0.15) is 5.35 Å². The molecular weight excluding hydrogens is 200 g/mol. The first-order valence-corrected chi connectivity index (χ1v) is 5.60. The highest BCUT2D eigenvalue weighted by molar-refractivity contribution is 6.15. The van der Waals surface area contributed by atoms with E-state index in [4.69, 9.17) is 19.9 Å². The predicted molar refractivity (Wildman–Crippen MR) is 59.2 cm³/mol. The molecule has 0 amide bonds. The van der Waals surface area contributed by atoms with Crippen molar-refractivity contribution in [2.24, 2.45) is 5.73 Å². The van der Waals surface area contributed by atoms with E-state index in [1.165, 1.54) is 0 Å². The molecular formula is C8H22N2O3Si. The van der Waals surface area contributed by atoms with Gasteiger partial charge in [-0.15, -0.1) is 0 Å². The third kappa shape index (κ3) is 2.75. The number of methoxy groups -OCH3 is 3. The molecule has 0 saturated heterocycles. The minimum absolute atomic E-state index is 0.552. The molecule has 6 heteroatoms. The van der Waals surface area contributed by atoms with Gasteiger partial charge in [0, 0.05) is 34.4 Å². The fraction of sp³-hybridized carbons (Fsp3) is 1.00. The first-order valence-electron chi connectivity index (χ1n) is 4.60. The zero-order chi connectivity index (χ0) is 11.2. The number of hydrogen-bond acceptors (Lipinski definition) is 5. The van der Waals surface area contributed by atoms with E-state index < -0.39 is 11.1 Å². The molecule has 0 aromatic rings. The van der Waals surface area contributed by atoms with Crippen LogP contribution in [0.5, 0.6) is 0 Å². The molecule has 0 saturated carbocycles. The summed E-state index contributed by atoms with van der Waals surface area (Å²) in [7, 11) is 5.55. The number of rotatable bonds is 7. The summed E-state index contributed by atoms with van der Waals surface area (Å²) in [5.74, 6) is -0.789. The van der Waals surface area contributed by atoms with Crippen molar-refractivity contribution >= 4 is 10.2 Å². The van der Waals surface area contributed by atoms with E-state index in [2.05, 4.69) is 5.32 Å². The van der Waals surface area contributed by atoms with Gasteiger partial charge in [0.25, 0.3) is 0 Å². The summed E-state index contributed by atoms with van der Waals surface area (Å²) in [5.41, 5.74) is 5.43. The molecule has 5 nitrogen and oxygen atoms in total. The standard InChI is InChI=1S/C8H22N2O3Si/c1-7(11-2,12-3)8(14,13-4)10-6-5-9/h10H,5-6,9H2,1-4,14H3. The van der Waals surface area contributed by atoms with Gasteiger partial charge in [0.15, 0.2) is 0 Å². The molecule has 86 valence electrons. The van der Waals surface area contributed by atoms with Gasteiger partial charge in [-0.05, 0) is 6.92 Å². The molecule has 1 unspecified atom stereocenters. The van der Waals surface area contributed by atoms with Crippen LogP contribution in [0.15, 0.2) is 0 Å². The Hall–Kier alpha value is 0.0169. The average molecular weight is 222 g/mol. The van der Waals surface area contributed by atoms with Gasteiger partial charge in [0.05, 0.1) is 10.2 Å². The maximum absolute atomic E-state index is 5.43. The van der Waals surface area contributed by atoms with Crippen molar-refractivity contribution in [1.82, 2.24) is 5.32 Å². The highest BCUT2D eigenvalue weighted by Crippen LogP contribution is 2.24. The zero-order valence-corrected chi connectivity index (χ0v) is 11.7. The lowest BCUT2D eigenvalue weighted by Gasteiger charge is -2.43. The Morgan fingerprint density at radius 1 is 1.21 bits per heavy atom. The number of nitrogens with two attached hydrogens (primary N) is 1. The van der Waals surface area contributed by atoms with E-state index in [0.29, 0.717) is 13.1 Å². The Labute approximate surface area is 88.7 Å². The molecule has 1 atom stereocenters. The third-order valence-electron chi connectivity index (χ3n) is 2.66. The molecule has 0 bridgehead atoms. The minimum atomic E-state index is -0.789. The summed E-state index contributed by atoms with van der Waals surface area (Å²) in [6.45, 7) is 3.06. The number of nitrogens with one attached hydrogen (secondary N) is 1. The molecule has 0 aromatic heterocycles. The van der Waals surface area contributed by atoms with Crippen LogP contribution in [-0.2, 0) is 14.2 Å². The van der Waals surface area contributed by atoms with Crippen molar-refractivity contribution in [3.05, 3.63) is 0 Å². The van der Waals surface area contributed by atoms with Crippen molar-refractivity contribution in [1.29, 1.82) is 0 Å². The summed E-state index contributed by atoms with van der Waals surface area (Å²) < 4.78 is 16.1. The summed E-state index contributed by atoms with van der Waals surface area (Å²) in [6.07, 6.45) is 0. The molecule has 0 spiro atoms. The lowest BCUT2D eigenvalue weighted by atomic mass is 10.2. The Morgan fingerprint density at radius 2 is 1.71 bits per heavy atom. The second-order valence-electron chi connectivity index (χ2n) is 3.31. The molecule has 3 N–H and O–H groups in total. The molecule has 14 heavy (non-hydrogen) atoms. The maximum Gasteiger partial charge on any atom is 0.203 e. The maximum atomic E-state index is 5.43. The highest BCUT2D eigenvalue weighted by Gasteiger charge is 2.45. The quantitative estimate of drug-likeness (QED) is 0.393. The molecule has 0 fully saturated rings. The fourth-order valence-corrected chi connectivity index (χ4v) is 1.86. The molecule has 0 aliphatic heterocycles. The second-order valence-corrected chi connectivity index (χ2v) is 4.72. The van der Waals surface area contributed by atoms with Crippen LogP contribution in [-0.4, -0.2) is 55.8 Å². The Kier molecular flexibility index (Phi) is 5.80. The van der Waals surface area contributed by atoms with E-state index in [0.717, 1.165) is 10.2 Å². The van der Waals surface area contributed by atoms with Crippen molar-refractivity contribution in [3.8, 4) is 0 Å². The Bertz CT molecular complexity index is 167. The fourth-order valence-electron chi connectivity index (χ4n) is 1.20. The van der Waals surface area contributed by atoms with Crippen molar-refractivity contribution in [2.45, 2.75) is 18.1 Å².